The number of hydrogen-bond acceptors (Lipinski definition) is 0. The fourth-order valence-electron chi connectivity index (χ4n) is 2.00. The van der Waals surface area contributed by atoms with Crippen LogP contribution in [-0.2, 0) is 17.0 Å². The molecule has 1 rings (SSSR count). The van der Waals surface area contributed by atoms with E-state index in [1.165, 1.54) is 12.1 Å². The van der Waals surface area contributed by atoms with Gasteiger partial charge in [0.15, 0.2) is 0 Å². The average molecular weight is 258 g/mol. The second-order valence-electron chi connectivity index (χ2n) is 6.76. The highest BCUT2D eigenvalue weighted by Gasteiger charge is 2.33. The summed E-state index contributed by atoms with van der Waals surface area (Å²) in [6.45, 7) is 11.9. The van der Waals surface area contributed by atoms with E-state index in [9.17, 15) is 13.2 Å². The van der Waals surface area contributed by atoms with Gasteiger partial charge in [-0.05, 0) is 34.1 Å². The molecule has 0 bridgehead atoms. The molecule has 0 aromatic heterocycles. The quantitative estimate of drug-likeness (QED) is 0.592. The molecule has 102 valence electrons. The summed E-state index contributed by atoms with van der Waals surface area (Å²) in [4.78, 5) is 0. The van der Waals surface area contributed by atoms with Crippen LogP contribution in [0.2, 0.25) is 0 Å². The van der Waals surface area contributed by atoms with Crippen LogP contribution in [0.15, 0.2) is 18.2 Å². The van der Waals surface area contributed by atoms with Crippen LogP contribution in [0, 0.1) is 0 Å². The molecular weight excluding hydrogens is 237 g/mol. The first-order chi connectivity index (χ1) is 7.83. The molecule has 0 N–H and O–H groups in total. The zero-order chi connectivity index (χ0) is 14.4. The number of rotatable bonds is 0. The topological polar surface area (TPSA) is 0 Å². The predicted molar refractivity (Wildman–Crippen MR) is 68.8 cm³/mol. The van der Waals surface area contributed by atoms with Crippen LogP contribution in [-0.4, -0.2) is 0 Å². The maximum atomic E-state index is 12.8. The minimum absolute atomic E-state index is 0.160. The van der Waals surface area contributed by atoms with E-state index in [0.29, 0.717) is 0 Å². The first-order valence-electron chi connectivity index (χ1n) is 6.05. The van der Waals surface area contributed by atoms with Gasteiger partial charge in [0.1, 0.15) is 0 Å². The molecule has 0 aliphatic rings. The third kappa shape index (κ3) is 3.27. The molecule has 0 fully saturated rings. The highest BCUT2D eigenvalue weighted by Crippen LogP contribution is 2.38. The minimum Gasteiger partial charge on any atom is -0.166 e. The summed E-state index contributed by atoms with van der Waals surface area (Å²) in [6.07, 6.45) is -4.28. The molecule has 18 heavy (non-hydrogen) atoms. The van der Waals surface area contributed by atoms with Crippen molar-refractivity contribution in [2.75, 3.05) is 0 Å². The smallest absolute Gasteiger partial charge is 0.166 e. The van der Waals surface area contributed by atoms with Crippen molar-refractivity contribution in [1.82, 2.24) is 0 Å². The zero-order valence-corrected chi connectivity index (χ0v) is 11.9. The third-order valence-electron chi connectivity index (χ3n) is 2.96. The Labute approximate surface area is 107 Å². The Bertz CT molecular complexity index is 429. The fourth-order valence-corrected chi connectivity index (χ4v) is 2.00. The van der Waals surface area contributed by atoms with Gasteiger partial charge in [0, 0.05) is 0 Å². The summed E-state index contributed by atoms with van der Waals surface area (Å²) in [5, 5.41) is 0. The Hall–Kier alpha value is -0.990. The van der Waals surface area contributed by atoms with Crippen molar-refractivity contribution in [3.05, 3.63) is 34.9 Å². The van der Waals surface area contributed by atoms with Crippen LogP contribution in [0.5, 0.6) is 0 Å². The lowest BCUT2D eigenvalue weighted by molar-refractivity contribution is -0.137. The average Bonchev–Trinajstić information content (AvgIpc) is 2.12. The fraction of sp³-hybridized carbons (Fsp3) is 0.600. The maximum absolute atomic E-state index is 12.8. The van der Waals surface area contributed by atoms with Crippen molar-refractivity contribution in [3.8, 4) is 0 Å². The summed E-state index contributed by atoms with van der Waals surface area (Å²) in [5.74, 6) is 0. The van der Waals surface area contributed by atoms with Gasteiger partial charge in [0.2, 0.25) is 0 Å². The van der Waals surface area contributed by atoms with Gasteiger partial charge >= 0.3 is 6.18 Å². The summed E-state index contributed by atoms with van der Waals surface area (Å²) >= 11 is 0. The molecule has 3 heteroatoms. The van der Waals surface area contributed by atoms with Gasteiger partial charge < -0.3 is 0 Å². The Balaban J connectivity index is 3.50. The molecule has 0 atom stereocenters. The van der Waals surface area contributed by atoms with E-state index in [1.54, 1.807) is 6.07 Å². The van der Waals surface area contributed by atoms with E-state index in [4.69, 9.17) is 0 Å². The van der Waals surface area contributed by atoms with Crippen LogP contribution < -0.4 is 0 Å². The molecule has 1 aromatic rings. The molecular formula is C15H21F3. The molecule has 0 aliphatic carbocycles. The number of halogens is 3. The summed E-state index contributed by atoms with van der Waals surface area (Å²) in [5.41, 5.74) is 0.713. The molecule has 0 saturated carbocycles. The Morgan fingerprint density at radius 1 is 0.722 bits per heavy atom. The minimum atomic E-state index is -4.28. The van der Waals surface area contributed by atoms with E-state index in [-0.39, 0.29) is 10.8 Å². The normalized spacial score (nSPS) is 13.8. The lowest BCUT2D eigenvalue weighted by atomic mass is 9.74. The number of benzene rings is 1. The lowest BCUT2D eigenvalue weighted by Crippen LogP contribution is -2.23. The van der Waals surface area contributed by atoms with Crippen molar-refractivity contribution >= 4 is 0 Å². The van der Waals surface area contributed by atoms with Crippen molar-refractivity contribution < 1.29 is 13.2 Å². The first kappa shape index (κ1) is 15.1. The van der Waals surface area contributed by atoms with Gasteiger partial charge in [0.05, 0.1) is 5.56 Å². The lowest BCUT2D eigenvalue weighted by Gasteiger charge is -2.30. The Morgan fingerprint density at radius 2 is 1.17 bits per heavy atom. The van der Waals surface area contributed by atoms with Crippen LogP contribution in [0.4, 0.5) is 13.2 Å². The van der Waals surface area contributed by atoms with Crippen molar-refractivity contribution in [1.29, 1.82) is 0 Å². The van der Waals surface area contributed by atoms with Gasteiger partial charge in [-0.3, -0.25) is 0 Å². The molecule has 0 spiro atoms. The van der Waals surface area contributed by atoms with E-state index in [2.05, 4.69) is 0 Å². The van der Waals surface area contributed by atoms with Crippen molar-refractivity contribution in [3.63, 3.8) is 0 Å². The second kappa shape index (κ2) is 4.29. The molecule has 0 amide bonds. The van der Waals surface area contributed by atoms with E-state index in [1.807, 2.05) is 41.5 Å². The summed E-state index contributed by atoms with van der Waals surface area (Å²) in [6, 6.07) is 4.08. The first-order valence-corrected chi connectivity index (χ1v) is 6.05. The van der Waals surface area contributed by atoms with Gasteiger partial charge in [-0.25, -0.2) is 0 Å². The molecule has 0 unspecified atom stereocenters. The summed E-state index contributed by atoms with van der Waals surface area (Å²) in [7, 11) is 0. The van der Waals surface area contributed by atoms with Crippen molar-refractivity contribution in [2.45, 2.75) is 58.5 Å². The van der Waals surface area contributed by atoms with E-state index in [0.717, 1.165) is 11.1 Å². The third-order valence-corrected chi connectivity index (χ3v) is 2.96. The summed E-state index contributed by atoms with van der Waals surface area (Å²) < 4.78 is 38.4. The van der Waals surface area contributed by atoms with E-state index >= 15 is 0 Å². The van der Waals surface area contributed by atoms with Crippen LogP contribution >= 0.6 is 0 Å². The zero-order valence-electron chi connectivity index (χ0n) is 11.9. The predicted octanol–water partition coefficient (Wildman–Crippen LogP) is 5.30. The SMILES string of the molecule is CC(C)(C)c1ccc(C(F)(F)F)cc1C(C)(C)C. The van der Waals surface area contributed by atoms with Gasteiger partial charge in [0.25, 0.3) is 0 Å². The van der Waals surface area contributed by atoms with Crippen molar-refractivity contribution in [2.24, 2.45) is 0 Å². The Kier molecular flexibility index (Phi) is 3.59. The van der Waals surface area contributed by atoms with Crippen LogP contribution in [0.25, 0.3) is 0 Å². The molecule has 0 saturated heterocycles. The molecule has 0 nitrogen and oxygen atoms in total. The highest BCUT2D eigenvalue weighted by atomic mass is 19.4. The second-order valence-corrected chi connectivity index (χ2v) is 6.76. The van der Waals surface area contributed by atoms with Crippen LogP contribution in [0.3, 0.4) is 0 Å². The number of alkyl halides is 3. The molecule has 1 aromatic carbocycles. The maximum Gasteiger partial charge on any atom is 0.416 e. The molecule has 0 aliphatic heterocycles. The highest BCUT2D eigenvalue weighted by molar-refractivity contribution is 5.41. The van der Waals surface area contributed by atoms with Gasteiger partial charge in [-0.1, -0.05) is 47.6 Å². The largest absolute Gasteiger partial charge is 0.416 e. The molecule has 0 radical (unpaired) electrons. The van der Waals surface area contributed by atoms with Gasteiger partial charge in [-0.2, -0.15) is 13.2 Å². The van der Waals surface area contributed by atoms with E-state index < -0.39 is 11.7 Å². The van der Waals surface area contributed by atoms with Gasteiger partial charge in [-0.15, -0.1) is 0 Å². The Morgan fingerprint density at radius 3 is 1.50 bits per heavy atom. The standard InChI is InChI=1S/C15H21F3/c1-13(2,3)11-8-7-10(15(16,17)18)9-12(11)14(4,5)6/h7-9H,1-6H3. The monoisotopic (exact) mass is 258 g/mol. The number of hydrogen-bond donors (Lipinski definition) is 0. The molecule has 0 heterocycles. The van der Waals surface area contributed by atoms with Crippen LogP contribution in [0.1, 0.15) is 58.2 Å².